The summed E-state index contributed by atoms with van der Waals surface area (Å²) in [6, 6.07) is 9.13. The molecule has 130 valence electrons. The molecule has 0 aromatic heterocycles. The van der Waals surface area contributed by atoms with Crippen molar-refractivity contribution in [2.24, 2.45) is 0 Å². The van der Waals surface area contributed by atoms with Gasteiger partial charge in [0.2, 0.25) is 0 Å². The molecule has 0 aliphatic rings. The Balaban J connectivity index is 2.89. The summed E-state index contributed by atoms with van der Waals surface area (Å²) in [4.78, 5) is 12.4. The van der Waals surface area contributed by atoms with Crippen molar-refractivity contribution >= 4 is 24.3 Å². The van der Waals surface area contributed by atoms with Crippen LogP contribution in [0.1, 0.15) is 71.0 Å². The van der Waals surface area contributed by atoms with E-state index in [4.69, 9.17) is 6.11 Å². The summed E-state index contributed by atoms with van der Waals surface area (Å²) in [5, 5.41) is 0. The van der Waals surface area contributed by atoms with E-state index >= 15 is 0 Å². The van der Waals surface area contributed by atoms with Crippen molar-refractivity contribution in [3.05, 3.63) is 35.9 Å². The number of rotatable bonds is 12. The Morgan fingerprint density at radius 2 is 1.43 bits per heavy atom. The van der Waals surface area contributed by atoms with Gasteiger partial charge in [-0.1, -0.05) is 0 Å². The van der Waals surface area contributed by atoms with Crippen LogP contribution in [0.15, 0.2) is 30.3 Å². The van der Waals surface area contributed by atoms with Gasteiger partial charge in [-0.2, -0.15) is 0 Å². The van der Waals surface area contributed by atoms with Crippen molar-refractivity contribution in [2.75, 3.05) is 4.60 Å². The number of ether oxygens (including phenoxy) is 1. The summed E-state index contributed by atoms with van der Waals surface area (Å²) in [7, 11) is 0. The molecule has 23 heavy (non-hydrogen) atoms. The summed E-state index contributed by atoms with van der Waals surface area (Å²) in [5.41, 5.74) is 0.566. The molecule has 0 aliphatic carbocycles. The van der Waals surface area contributed by atoms with E-state index in [0.29, 0.717) is 5.56 Å². The van der Waals surface area contributed by atoms with Crippen LogP contribution in [0.5, 0.6) is 0 Å². The van der Waals surface area contributed by atoms with E-state index in [1.54, 1.807) is 12.1 Å². The molecule has 0 bridgehead atoms. The average molecular weight is 426 g/mol. The van der Waals surface area contributed by atoms with Crippen LogP contribution < -0.4 is 0 Å². The van der Waals surface area contributed by atoms with Gasteiger partial charge >= 0.3 is 148 Å². The molecule has 0 fully saturated rings. The first-order chi connectivity index (χ1) is 11.6. The van der Waals surface area contributed by atoms with Crippen LogP contribution >= 0.6 is 0 Å². The van der Waals surface area contributed by atoms with Gasteiger partial charge in [0.15, 0.2) is 0 Å². The minimum absolute atomic E-state index is 0.318. The van der Waals surface area contributed by atoms with Gasteiger partial charge in [0.1, 0.15) is 0 Å². The summed E-state index contributed by atoms with van der Waals surface area (Å²) in [6.07, 6.45) is 7.04. The topological polar surface area (TPSA) is 26.3 Å². The Hall–Kier alpha value is -0.511. The van der Waals surface area contributed by atoms with E-state index in [0.717, 1.165) is 19.3 Å². The predicted octanol–water partition coefficient (Wildman–Crippen LogP) is 6.23. The monoisotopic (exact) mass is 427 g/mol. The maximum atomic E-state index is 12.4. The first-order valence-electron chi connectivity index (χ1n) is 9.85. The van der Waals surface area contributed by atoms with Crippen LogP contribution in [-0.2, 0) is 4.74 Å². The molecular formula is C20H34O2Sn. The van der Waals surface area contributed by atoms with Crippen molar-refractivity contribution in [1.29, 1.82) is 0 Å². The molecule has 0 saturated heterocycles. The zero-order chi connectivity index (χ0) is 17.8. The summed E-state index contributed by atoms with van der Waals surface area (Å²) in [5.74, 6) is -0.318. The molecule has 0 spiro atoms. The van der Waals surface area contributed by atoms with E-state index in [9.17, 15) is 4.79 Å². The van der Waals surface area contributed by atoms with Crippen LogP contribution in [0, 0.1) is 0 Å². The number of carbonyl (C=O) groups excluding carboxylic acids is 1. The fourth-order valence-electron chi connectivity index (χ4n) is 2.96. The quantitative estimate of drug-likeness (QED) is 0.293. The third-order valence-corrected chi connectivity index (χ3v) is 17.8. The molecule has 3 heteroatoms. The van der Waals surface area contributed by atoms with E-state index in [-0.39, 0.29) is 5.97 Å². The van der Waals surface area contributed by atoms with E-state index < -0.39 is 23.0 Å². The summed E-state index contributed by atoms with van der Waals surface area (Å²) < 4.78 is 17.4. The van der Waals surface area contributed by atoms with Gasteiger partial charge in [0.05, 0.1) is 0 Å². The van der Waals surface area contributed by atoms with Crippen LogP contribution in [-0.4, -0.2) is 28.9 Å². The standard InChI is InChI=1S/C8H7O2.3C4H9.Sn/c1-10-8(9)7-5-3-2-4-6-7;3*1-3-4-2;/h2-6H,1H2;3*1,3-4H2,2H3;/i1D;;;;. The van der Waals surface area contributed by atoms with Gasteiger partial charge in [0.25, 0.3) is 0 Å². The molecule has 0 unspecified atom stereocenters. The number of esters is 1. The van der Waals surface area contributed by atoms with Crippen molar-refractivity contribution in [3.63, 3.8) is 0 Å². The first kappa shape index (κ1) is 18.8. The molecule has 0 aliphatic heterocycles. The normalized spacial score (nSPS) is 13.4. The van der Waals surface area contributed by atoms with Gasteiger partial charge in [-0.3, -0.25) is 0 Å². The van der Waals surface area contributed by atoms with Gasteiger partial charge in [-0.25, -0.2) is 0 Å². The SMILES string of the molecule is [2H][C@@H](OC(=O)c1ccccc1)[Sn]([CH2]CCC)([CH2]CCC)[CH2]CCC. The number of carbonyl (C=O) groups is 1. The van der Waals surface area contributed by atoms with Gasteiger partial charge in [-0.05, 0) is 0 Å². The fraction of sp³-hybridized carbons (Fsp3) is 0.650. The molecule has 0 radical (unpaired) electrons. The van der Waals surface area contributed by atoms with Crippen LogP contribution in [0.4, 0.5) is 0 Å². The van der Waals surface area contributed by atoms with Gasteiger partial charge < -0.3 is 0 Å². The van der Waals surface area contributed by atoms with E-state index in [2.05, 4.69) is 20.8 Å². The summed E-state index contributed by atoms with van der Waals surface area (Å²) in [6.45, 7) is 6.64. The first-order valence-corrected chi connectivity index (χ1v) is 17.0. The Kier molecular flexibility index (Phi) is 9.77. The average Bonchev–Trinajstić information content (AvgIpc) is 2.62. The molecule has 1 rings (SSSR count). The van der Waals surface area contributed by atoms with Crippen molar-refractivity contribution < 1.29 is 10.9 Å². The van der Waals surface area contributed by atoms with E-state index in [1.165, 1.54) is 32.6 Å². The van der Waals surface area contributed by atoms with E-state index in [1.807, 2.05) is 18.2 Å². The molecule has 0 amide bonds. The zero-order valence-electron chi connectivity index (χ0n) is 16.1. The van der Waals surface area contributed by atoms with Gasteiger partial charge in [0, 0.05) is 0 Å². The number of benzene rings is 1. The van der Waals surface area contributed by atoms with Crippen molar-refractivity contribution in [1.82, 2.24) is 0 Å². The molecular weight excluding hydrogens is 391 g/mol. The predicted molar refractivity (Wildman–Crippen MR) is 102 cm³/mol. The third-order valence-electron chi connectivity index (χ3n) is 4.51. The molecule has 1 atom stereocenters. The van der Waals surface area contributed by atoms with Crippen LogP contribution in [0.3, 0.4) is 0 Å². The van der Waals surface area contributed by atoms with Crippen LogP contribution in [0.25, 0.3) is 0 Å². The Morgan fingerprint density at radius 1 is 0.957 bits per heavy atom. The Bertz CT molecular complexity index is 442. The number of unbranched alkanes of at least 4 members (excludes halogenated alkanes) is 3. The second-order valence-electron chi connectivity index (χ2n) is 6.56. The molecule has 0 N–H and O–H groups in total. The molecule has 0 heterocycles. The minimum atomic E-state index is -2.82. The Labute approximate surface area is 148 Å². The van der Waals surface area contributed by atoms with Crippen molar-refractivity contribution in [3.8, 4) is 0 Å². The summed E-state index contributed by atoms with van der Waals surface area (Å²) >= 11 is -2.82. The third kappa shape index (κ3) is 7.73. The zero-order valence-corrected chi connectivity index (χ0v) is 18.0. The van der Waals surface area contributed by atoms with Gasteiger partial charge in [-0.15, -0.1) is 0 Å². The number of hydrogen-bond donors (Lipinski definition) is 0. The maximum absolute atomic E-state index is 12.4. The second kappa shape index (κ2) is 11.9. The molecule has 2 nitrogen and oxygen atoms in total. The fourth-order valence-corrected chi connectivity index (χ4v) is 16.2. The molecule has 1 aromatic rings. The number of hydrogen-bond acceptors (Lipinski definition) is 2. The molecule has 0 saturated carbocycles. The Morgan fingerprint density at radius 3 is 1.87 bits per heavy atom. The van der Waals surface area contributed by atoms with Crippen molar-refractivity contribution in [2.45, 2.75) is 72.6 Å². The van der Waals surface area contributed by atoms with Crippen LogP contribution in [0.2, 0.25) is 13.3 Å². The second-order valence-corrected chi connectivity index (χ2v) is 19.3. The molecule has 1 aromatic carbocycles.